The number of aliphatic hydroxyl groups excluding tert-OH is 3. The molecule has 3 N–H and O–H groups in total. The van der Waals surface area contributed by atoms with Gasteiger partial charge in [0.15, 0.2) is 0 Å². The molecule has 0 amide bonds. The lowest BCUT2D eigenvalue weighted by atomic mass is 10.0. The van der Waals surface area contributed by atoms with Gasteiger partial charge in [-0.05, 0) is 25.7 Å². The average molecular weight is 679 g/mol. The van der Waals surface area contributed by atoms with E-state index in [0.29, 0.717) is 0 Å². The molecule has 46 heavy (non-hydrogen) atoms. The number of halogens is 1. The van der Waals surface area contributed by atoms with Crippen LogP contribution < -0.4 is 12.4 Å². The highest BCUT2D eigenvalue weighted by molar-refractivity contribution is 4.52. The van der Waals surface area contributed by atoms with Crippen molar-refractivity contribution in [1.82, 2.24) is 0 Å². The number of quaternary nitrogens is 1. The van der Waals surface area contributed by atoms with Gasteiger partial charge < -0.3 is 32.2 Å². The van der Waals surface area contributed by atoms with Crippen LogP contribution in [-0.4, -0.2) is 66.3 Å². The van der Waals surface area contributed by atoms with Crippen molar-refractivity contribution in [2.45, 2.75) is 225 Å². The normalized spacial score (nSPS) is 11.5. The monoisotopic (exact) mass is 678 g/mol. The van der Waals surface area contributed by atoms with Crippen molar-refractivity contribution in [2.75, 3.05) is 40.4 Å². The maximum Gasteiger partial charge on any atom is 0.100 e. The zero-order chi connectivity index (χ0) is 33.5. The molecule has 0 saturated heterocycles. The molecule has 0 saturated carbocycles. The molecular weight excluding hydrogens is 590 g/mol. The van der Waals surface area contributed by atoms with Gasteiger partial charge in [-0.2, -0.15) is 0 Å². The summed E-state index contributed by atoms with van der Waals surface area (Å²) in [7, 11) is 4.94. The largest absolute Gasteiger partial charge is 1.00 e. The Kier molecular flexibility index (Phi) is 47.4. The van der Waals surface area contributed by atoms with Gasteiger partial charge in [-0.3, -0.25) is 0 Å². The Morgan fingerprint density at radius 1 is 0.348 bits per heavy atom. The lowest BCUT2D eigenvalue weighted by Crippen LogP contribution is -3.00. The topological polar surface area (TPSA) is 60.7 Å². The van der Waals surface area contributed by atoms with Crippen LogP contribution >= 0.6 is 0 Å². The van der Waals surface area contributed by atoms with E-state index < -0.39 is 6.10 Å². The molecule has 0 unspecified atom stereocenters. The van der Waals surface area contributed by atoms with E-state index in [1.54, 1.807) is 0 Å². The molecule has 0 aromatic carbocycles. The van der Waals surface area contributed by atoms with Crippen LogP contribution in [0.3, 0.4) is 0 Å². The number of aliphatic hydroxyl groups is 3. The second kappa shape index (κ2) is 43.2. The third kappa shape index (κ3) is 46.2. The van der Waals surface area contributed by atoms with E-state index in [-0.39, 0.29) is 25.6 Å². The second-order valence-corrected chi connectivity index (χ2v) is 15.0. The van der Waals surface area contributed by atoms with Crippen molar-refractivity contribution in [3.8, 4) is 0 Å². The van der Waals surface area contributed by atoms with E-state index in [4.69, 9.17) is 15.3 Å². The van der Waals surface area contributed by atoms with E-state index in [0.717, 1.165) is 0 Å². The molecule has 0 heterocycles. The number of hydrogen-bond acceptors (Lipinski definition) is 3. The fraction of sp³-hybridized carbons (Fsp3) is 1.00. The van der Waals surface area contributed by atoms with Crippen LogP contribution in [0, 0.1) is 0 Å². The lowest BCUT2D eigenvalue weighted by molar-refractivity contribution is -0.890. The molecule has 0 aromatic heterocycles. The molecule has 0 atom stereocenters. The van der Waals surface area contributed by atoms with Crippen LogP contribution in [0.1, 0.15) is 219 Å². The zero-order valence-corrected chi connectivity index (χ0v) is 33.0. The summed E-state index contributed by atoms with van der Waals surface area (Å²) in [5.74, 6) is 0. The number of rotatable bonds is 36. The molecular formula is C41H88ClNO3. The molecule has 282 valence electrons. The minimum atomic E-state index is -0.954. The van der Waals surface area contributed by atoms with Crippen LogP contribution in [-0.2, 0) is 0 Å². The van der Waals surface area contributed by atoms with Crippen LogP contribution in [0.5, 0.6) is 0 Å². The molecule has 0 rings (SSSR count). The summed E-state index contributed by atoms with van der Waals surface area (Å²) < 4.78 is 1.25. The summed E-state index contributed by atoms with van der Waals surface area (Å²) in [5.41, 5.74) is 0. The predicted molar refractivity (Wildman–Crippen MR) is 201 cm³/mol. The molecule has 0 aromatic rings. The van der Waals surface area contributed by atoms with Gasteiger partial charge in [0.25, 0.3) is 0 Å². The van der Waals surface area contributed by atoms with Crippen LogP contribution in [0.25, 0.3) is 0 Å². The van der Waals surface area contributed by atoms with Crippen LogP contribution in [0.4, 0.5) is 0 Å². The summed E-state index contributed by atoms with van der Waals surface area (Å²) in [4.78, 5) is 0. The summed E-state index contributed by atoms with van der Waals surface area (Å²) in [6.45, 7) is 6.66. The quantitative estimate of drug-likeness (QED) is 0.0458. The molecule has 0 aliphatic carbocycles. The van der Waals surface area contributed by atoms with Gasteiger partial charge in [-0.1, -0.05) is 194 Å². The fourth-order valence-electron chi connectivity index (χ4n) is 6.35. The predicted octanol–water partition coefficient (Wildman–Crippen LogP) is 8.92. The molecule has 0 aliphatic rings. The Morgan fingerprint density at radius 3 is 0.674 bits per heavy atom. The van der Waals surface area contributed by atoms with Crippen molar-refractivity contribution in [1.29, 1.82) is 0 Å². The molecule has 0 bridgehead atoms. The Balaban J connectivity index is -0.00000239. The van der Waals surface area contributed by atoms with Crippen LogP contribution in [0.15, 0.2) is 0 Å². The van der Waals surface area contributed by atoms with E-state index in [1.165, 1.54) is 223 Å². The van der Waals surface area contributed by atoms with Gasteiger partial charge in [0, 0.05) is 0 Å². The van der Waals surface area contributed by atoms with Gasteiger partial charge in [0.05, 0.1) is 40.4 Å². The molecule has 0 aliphatic heterocycles. The third-order valence-electron chi connectivity index (χ3n) is 9.66. The SMILES string of the molecule is CCCCCCCCCCCCCCCCCC[N+](C)(C)CCCCCCCCCCCCCCCCCC.OCC(O)CO.[Cl-]. The number of nitrogens with zero attached hydrogens (tertiary/aromatic N) is 1. The molecule has 0 spiro atoms. The minimum absolute atomic E-state index is 0. The second-order valence-electron chi connectivity index (χ2n) is 15.0. The van der Waals surface area contributed by atoms with Gasteiger partial charge in [-0.15, -0.1) is 0 Å². The Labute approximate surface area is 297 Å². The van der Waals surface area contributed by atoms with Crippen molar-refractivity contribution < 1.29 is 32.2 Å². The summed E-state index contributed by atoms with van der Waals surface area (Å²) in [6, 6.07) is 0. The highest BCUT2D eigenvalue weighted by atomic mass is 35.5. The maximum absolute atomic E-state index is 8.17. The van der Waals surface area contributed by atoms with Gasteiger partial charge in [-0.25, -0.2) is 0 Å². The van der Waals surface area contributed by atoms with E-state index in [2.05, 4.69) is 27.9 Å². The van der Waals surface area contributed by atoms with E-state index in [1.807, 2.05) is 0 Å². The molecule has 0 radical (unpaired) electrons. The van der Waals surface area contributed by atoms with Crippen molar-refractivity contribution in [2.24, 2.45) is 0 Å². The first-order chi connectivity index (χ1) is 21.9. The summed E-state index contributed by atoms with van der Waals surface area (Å²) >= 11 is 0. The standard InChI is InChI=1S/C38H80N.C3H8O3.ClH/c1-5-7-9-11-13-15-17-19-21-23-25-27-29-31-33-35-37-39(3,4)38-36-34-32-30-28-26-24-22-20-18-16-14-12-10-8-6-2;4-1-3(6)2-5;/h5-38H2,1-4H3;3-6H,1-2H2;1H/q+1;;/p-1. The van der Waals surface area contributed by atoms with E-state index >= 15 is 0 Å². The van der Waals surface area contributed by atoms with Gasteiger partial charge >= 0.3 is 0 Å². The summed E-state index contributed by atoms with van der Waals surface area (Å²) in [5, 5.41) is 24.0. The fourth-order valence-corrected chi connectivity index (χ4v) is 6.35. The smallest absolute Gasteiger partial charge is 0.100 e. The van der Waals surface area contributed by atoms with Crippen molar-refractivity contribution in [3.63, 3.8) is 0 Å². The third-order valence-corrected chi connectivity index (χ3v) is 9.66. The van der Waals surface area contributed by atoms with Crippen molar-refractivity contribution >= 4 is 0 Å². The van der Waals surface area contributed by atoms with Crippen molar-refractivity contribution in [3.05, 3.63) is 0 Å². The first-order valence-electron chi connectivity index (χ1n) is 20.6. The maximum atomic E-state index is 8.17. The lowest BCUT2D eigenvalue weighted by Gasteiger charge is -2.30. The number of unbranched alkanes of at least 4 members (excludes halogenated alkanes) is 30. The minimum Gasteiger partial charge on any atom is -1.00 e. The zero-order valence-electron chi connectivity index (χ0n) is 32.2. The Morgan fingerprint density at radius 2 is 0.522 bits per heavy atom. The molecule has 5 heteroatoms. The summed E-state index contributed by atoms with van der Waals surface area (Å²) in [6.07, 6.45) is 46.0. The average Bonchev–Trinajstić information content (AvgIpc) is 3.04. The van der Waals surface area contributed by atoms with Gasteiger partial charge in [0.1, 0.15) is 6.10 Å². The molecule has 0 fully saturated rings. The number of hydrogen-bond donors (Lipinski definition) is 3. The van der Waals surface area contributed by atoms with Crippen LogP contribution in [0.2, 0.25) is 0 Å². The first kappa shape index (κ1) is 50.5. The Hall–Kier alpha value is 0.130. The highest BCUT2D eigenvalue weighted by Gasteiger charge is 2.13. The van der Waals surface area contributed by atoms with Gasteiger partial charge in [0.2, 0.25) is 0 Å². The van der Waals surface area contributed by atoms with E-state index in [9.17, 15) is 0 Å². The molecule has 4 nitrogen and oxygen atoms in total. The highest BCUT2D eigenvalue weighted by Crippen LogP contribution is 2.16. The first-order valence-corrected chi connectivity index (χ1v) is 20.6. The Bertz CT molecular complexity index is 478.